The van der Waals surface area contributed by atoms with Gasteiger partial charge in [-0.05, 0) is 32.1 Å². The number of alkyl halides is 1. The summed E-state index contributed by atoms with van der Waals surface area (Å²) in [5, 5.41) is 4.70. The van der Waals surface area contributed by atoms with Gasteiger partial charge in [-0.15, -0.1) is 7.77 Å². The molecule has 0 amide bonds. The third kappa shape index (κ3) is 12.7. The van der Waals surface area contributed by atoms with Crippen LogP contribution in [-0.4, -0.2) is 18.1 Å². The zero-order chi connectivity index (χ0) is 17.6. The average molecular weight is 423 g/mol. The monoisotopic (exact) mass is 422 g/mol. The van der Waals surface area contributed by atoms with E-state index in [1.54, 1.807) is 0 Å². The molecule has 0 fully saturated rings. The topological polar surface area (TPSA) is 54.0 Å². The molecule has 0 aromatic carbocycles. The van der Waals surface area contributed by atoms with Gasteiger partial charge < -0.3 is 4.74 Å². The molecule has 0 aliphatic rings. The Labute approximate surface area is 146 Å². The molecule has 0 aromatic heterocycles. The highest BCUT2D eigenvalue weighted by Gasteiger charge is 2.30. The molecule has 0 aliphatic heterocycles. The van der Waals surface area contributed by atoms with Gasteiger partial charge in [0.15, 0.2) is 0 Å². The smallest absolute Gasteiger partial charge is 0.432 e. The van der Waals surface area contributed by atoms with Crippen LogP contribution in [0.1, 0.15) is 58.3 Å². The Kier molecular flexibility index (Phi) is 13.8. The SMILES string of the molecule is C=C(CCCCCC)S(F)(F)OOOC(=O)OCCCCCBr. The molecule has 0 heterocycles. The highest BCUT2D eigenvalue weighted by molar-refractivity contribution is 9.09. The molecule has 5 nitrogen and oxygen atoms in total. The second kappa shape index (κ2) is 14.0. The molecule has 0 unspecified atom stereocenters. The van der Waals surface area contributed by atoms with Gasteiger partial charge in [0.1, 0.15) is 0 Å². The largest absolute Gasteiger partial charge is 0.542 e. The lowest BCUT2D eigenvalue weighted by Crippen LogP contribution is -2.10. The highest BCUT2D eigenvalue weighted by atomic mass is 79.9. The maximum absolute atomic E-state index is 13.6. The van der Waals surface area contributed by atoms with Crippen LogP contribution in [0.3, 0.4) is 0 Å². The first-order chi connectivity index (χ1) is 10.9. The van der Waals surface area contributed by atoms with E-state index < -0.39 is 17.2 Å². The predicted octanol–water partition coefficient (Wildman–Crippen LogP) is 6.54. The Morgan fingerprint density at radius 1 is 1.13 bits per heavy atom. The fourth-order valence-corrected chi connectivity index (χ4v) is 2.52. The van der Waals surface area contributed by atoms with E-state index in [1.165, 1.54) is 0 Å². The number of unbranched alkanes of at least 4 members (excludes halogenated alkanes) is 5. The van der Waals surface area contributed by atoms with E-state index in [4.69, 9.17) is 0 Å². The molecule has 0 aromatic rings. The van der Waals surface area contributed by atoms with Crippen molar-refractivity contribution in [3.63, 3.8) is 0 Å². The van der Waals surface area contributed by atoms with Gasteiger partial charge in [0.05, 0.1) is 6.61 Å². The zero-order valence-electron chi connectivity index (χ0n) is 13.4. The number of ether oxygens (including phenoxy) is 1. The Hall–Kier alpha value is -0.380. The number of hydrogen-bond acceptors (Lipinski definition) is 5. The summed E-state index contributed by atoms with van der Waals surface area (Å²) in [5.74, 6) is 0. The van der Waals surface area contributed by atoms with Crippen LogP contribution in [0.15, 0.2) is 11.5 Å². The Morgan fingerprint density at radius 2 is 1.83 bits per heavy atom. The molecule has 23 heavy (non-hydrogen) atoms. The number of halogens is 3. The van der Waals surface area contributed by atoms with Crippen molar-refractivity contribution in [2.45, 2.75) is 58.3 Å². The van der Waals surface area contributed by atoms with Crippen molar-refractivity contribution in [3.05, 3.63) is 11.5 Å². The summed E-state index contributed by atoms with van der Waals surface area (Å²) in [5.41, 5.74) is 0. The minimum absolute atomic E-state index is 0.128. The molecular weight excluding hydrogens is 398 g/mol. The maximum Gasteiger partial charge on any atom is 0.542 e. The molecule has 0 saturated heterocycles. The van der Waals surface area contributed by atoms with Crippen molar-refractivity contribution in [1.82, 2.24) is 0 Å². The second-order valence-corrected chi connectivity index (χ2v) is 7.19. The van der Waals surface area contributed by atoms with Crippen LogP contribution in [0.2, 0.25) is 0 Å². The van der Waals surface area contributed by atoms with Crippen molar-refractivity contribution in [1.29, 1.82) is 0 Å². The highest BCUT2D eigenvalue weighted by Crippen LogP contribution is 2.60. The third-order valence-electron chi connectivity index (χ3n) is 2.86. The first-order valence-corrected chi connectivity index (χ1v) is 10.1. The Bertz CT molecular complexity index is 345. The van der Waals surface area contributed by atoms with Crippen molar-refractivity contribution < 1.29 is 31.6 Å². The van der Waals surface area contributed by atoms with Crippen LogP contribution in [-0.2, 0) is 19.0 Å². The van der Waals surface area contributed by atoms with E-state index in [0.717, 1.165) is 37.4 Å². The molecule has 0 saturated carbocycles. The number of rotatable bonds is 14. The van der Waals surface area contributed by atoms with Gasteiger partial charge in [0.2, 0.25) is 11.1 Å². The lowest BCUT2D eigenvalue weighted by molar-refractivity contribution is -0.435. The number of hydrogen-bond donors (Lipinski definition) is 0. The minimum Gasteiger partial charge on any atom is -0.432 e. The van der Waals surface area contributed by atoms with Crippen LogP contribution in [0.4, 0.5) is 12.6 Å². The van der Waals surface area contributed by atoms with Crippen LogP contribution >= 0.6 is 27.0 Å². The fraction of sp³-hybridized carbons (Fsp3) is 0.786. The van der Waals surface area contributed by atoms with Gasteiger partial charge in [-0.25, -0.2) is 9.68 Å². The van der Waals surface area contributed by atoms with E-state index in [2.05, 4.69) is 41.5 Å². The number of carbonyl (C=O) groups excluding carboxylic acids is 1. The Balaban J connectivity index is 3.78. The summed E-state index contributed by atoms with van der Waals surface area (Å²) in [6.07, 6.45) is 4.86. The van der Waals surface area contributed by atoms with Gasteiger partial charge >= 0.3 is 6.16 Å². The summed E-state index contributed by atoms with van der Waals surface area (Å²) in [6, 6.07) is 0. The lowest BCUT2D eigenvalue weighted by atomic mass is 10.1. The fourth-order valence-electron chi connectivity index (χ4n) is 1.55. The van der Waals surface area contributed by atoms with Gasteiger partial charge in [0.25, 0.3) is 0 Å². The molecule has 9 heteroatoms. The molecule has 0 N–H and O–H groups in total. The molecule has 0 bridgehead atoms. The summed E-state index contributed by atoms with van der Waals surface area (Å²) in [4.78, 5) is 14.7. The summed E-state index contributed by atoms with van der Waals surface area (Å²) >= 11 is -1.36. The second-order valence-electron chi connectivity index (χ2n) is 4.84. The van der Waals surface area contributed by atoms with E-state index >= 15 is 0 Å². The Morgan fingerprint density at radius 3 is 2.48 bits per heavy atom. The van der Waals surface area contributed by atoms with E-state index in [1.807, 2.05) is 6.92 Å². The van der Waals surface area contributed by atoms with Gasteiger partial charge in [-0.2, -0.15) is 0 Å². The summed E-state index contributed by atoms with van der Waals surface area (Å²) < 4.78 is 35.6. The van der Waals surface area contributed by atoms with Crippen molar-refractivity contribution >= 4 is 33.2 Å². The maximum atomic E-state index is 13.6. The number of carbonyl (C=O) groups is 1. The first-order valence-electron chi connectivity index (χ1n) is 7.60. The lowest BCUT2D eigenvalue weighted by Gasteiger charge is -2.19. The van der Waals surface area contributed by atoms with Crippen molar-refractivity contribution in [2.75, 3.05) is 11.9 Å². The first kappa shape index (κ1) is 22.6. The van der Waals surface area contributed by atoms with E-state index in [0.29, 0.717) is 12.8 Å². The van der Waals surface area contributed by atoms with Crippen LogP contribution < -0.4 is 0 Å². The van der Waals surface area contributed by atoms with Crippen molar-refractivity contribution in [2.24, 2.45) is 0 Å². The quantitative estimate of drug-likeness (QED) is 0.104. The van der Waals surface area contributed by atoms with E-state index in [9.17, 15) is 12.6 Å². The van der Waals surface area contributed by atoms with Crippen LogP contribution in [0, 0.1) is 0 Å². The summed E-state index contributed by atoms with van der Waals surface area (Å²) in [6.45, 7) is 5.47. The zero-order valence-corrected chi connectivity index (χ0v) is 15.8. The molecule has 138 valence electrons. The molecule has 0 radical (unpaired) electrons. The standard InChI is InChI=1S/C14H25BrF2O5S/c1-3-4-5-7-10-13(2)23(16,17)22-21-20-14(18)19-12-9-6-8-11-15/h2-12H2,1H3. The van der Waals surface area contributed by atoms with Crippen LogP contribution in [0.25, 0.3) is 0 Å². The van der Waals surface area contributed by atoms with E-state index in [-0.39, 0.29) is 17.9 Å². The van der Waals surface area contributed by atoms with Gasteiger partial charge in [0, 0.05) is 15.3 Å². The third-order valence-corrected chi connectivity index (χ3v) is 4.52. The molecular formula is C14H25BrF2O5S. The molecule has 0 rings (SSSR count). The summed E-state index contributed by atoms with van der Waals surface area (Å²) in [7, 11) is 0. The molecule has 0 aliphatic carbocycles. The predicted molar refractivity (Wildman–Crippen MR) is 90.0 cm³/mol. The minimum atomic E-state index is -4.63. The number of allylic oxidation sites excluding steroid dienone is 1. The van der Waals surface area contributed by atoms with Crippen LogP contribution in [0.5, 0.6) is 0 Å². The molecule has 0 spiro atoms. The van der Waals surface area contributed by atoms with Gasteiger partial charge in [-0.1, -0.05) is 53.0 Å². The molecule has 0 atom stereocenters. The normalized spacial score (nSPS) is 12.0. The average Bonchev–Trinajstić information content (AvgIpc) is 2.51. The van der Waals surface area contributed by atoms with Gasteiger partial charge in [-0.3, -0.25) is 0 Å². The van der Waals surface area contributed by atoms with Crippen molar-refractivity contribution in [3.8, 4) is 0 Å².